The Labute approximate surface area is 129 Å². The molecule has 0 fully saturated rings. The Kier molecular flexibility index (Phi) is 4.05. The Bertz CT molecular complexity index is 723. The van der Waals surface area contributed by atoms with Gasteiger partial charge in [-0.25, -0.2) is 4.98 Å². The van der Waals surface area contributed by atoms with Crippen LogP contribution in [-0.4, -0.2) is 23.1 Å². The first kappa shape index (κ1) is 14.1. The third-order valence-corrected chi connectivity index (χ3v) is 3.37. The molecule has 5 nitrogen and oxygen atoms in total. The fourth-order valence-electron chi connectivity index (χ4n) is 2.31. The molecule has 0 saturated carbocycles. The molecule has 0 bridgehead atoms. The smallest absolute Gasteiger partial charge is 0.0910 e. The van der Waals surface area contributed by atoms with Crippen LogP contribution in [0.3, 0.4) is 0 Å². The van der Waals surface area contributed by atoms with Crippen LogP contribution in [0.5, 0.6) is 0 Å². The molecule has 0 atom stereocenters. The summed E-state index contributed by atoms with van der Waals surface area (Å²) in [6.07, 6.45) is 1.75. The molecule has 2 heterocycles. The maximum absolute atomic E-state index is 5.61. The Balaban J connectivity index is 0.000000133. The number of nitrogens with two attached hydrogens (primary N) is 1. The van der Waals surface area contributed by atoms with E-state index in [4.69, 9.17) is 5.73 Å². The summed E-state index contributed by atoms with van der Waals surface area (Å²) in [6.45, 7) is 3.96. The van der Waals surface area contributed by atoms with Gasteiger partial charge in [-0.3, -0.25) is 4.98 Å². The van der Waals surface area contributed by atoms with Gasteiger partial charge in [0.2, 0.25) is 0 Å². The van der Waals surface area contributed by atoms with Crippen molar-refractivity contribution < 1.29 is 0 Å². The van der Waals surface area contributed by atoms with E-state index in [2.05, 4.69) is 32.7 Å². The van der Waals surface area contributed by atoms with Gasteiger partial charge in [0.15, 0.2) is 0 Å². The molecule has 0 radical (unpaired) electrons. The monoisotopic (exact) mass is 293 g/mol. The second-order valence-electron chi connectivity index (χ2n) is 5.16. The van der Waals surface area contributed by atoms with Crippen molar-refractivity contribution in [3.63, 3.8) is 0 Å². The second kappa shape index (κ2) is 6.30. The second-order valence-corrected chi connectivity index (χ2v) is 5.16. The zero-order valence-electron chi connectivity index (χ0n) is 12.5. The minimum Gasteiger partial charge on any atom is -0.399 e. The highest BCUT2D eigenvalue weighted by molar-refractivity contribution is 5.77. The lowest BCUT2D eigenvalue weighted by molar-refractivity contribution is 1.05. The van der Waals surface area contributed by atoms with E-state index in [1.54, 1.807) is 6.20 Å². The van der Waals surface area contributed by atoms with Crippen molar-refractivity contribution in [2.75, 3.05) is 29.5 Å². The molecule has 112 valence electrons. The number of para-hydroxylation sites is 2. The lowest BCUT2D eigenvalue weighted by Crippen LogP contribution is -2.19. The SMILES string of the molecule is Cc1cnc2ccc(N)cc2n1.c1ccc2c(c1)NCCN2. The number of aromatic nitrogens is 2. The van der Waals surface area contributed by atoms with Crippen molar-refractivity contribution in [1.82, 2.24) is 9.97 Å². The van der Waals surface area contributed by atoms with Crippen LogP contribution < -0.4 is 16.4 Å². The summed E-state index contributed by atoms with van der Waals surface area (Å²) < 4.78 is 0. The number of rotatable bonds is 0. The van der Waals surface area contributed by atoms with Gasteiger partial charge in [-0.2, -0.15) is 0 Å². The van der Waals surface area contributed by atoms with E-state index >= 15 is 0 Å². The van der Waals surface area contributed by atoms with Gasteiger partial charge < -0.3 is 16.4 Å². The lowest BCUT2D eigenvalue weighted by Gasteiger charge is -2.18. The molecule has 0 spiro atoms. The van der Waals surface area contributed by atoms with Crippen molar-refractivity contribution in [2.24, 2.45) is 0 Å². The number of hydrogen-bond acceptors (Lipinski definition) is 5. The van der Waals surface area contributed by atoms with Gasteiger partial charge in [-0.05, 0) is 37.3 Å². The molecule has 0 aliphatic carbocycles. The molecule has 0 saturated heterocycles. The van der Waals surface area contributed by atoms with Gasteiger partial charge >= 0.3 is 0 Å². The average molecular weight is 293 g/mol. The minimum atomic E-state index is 0.724. The molecule has 22 heavy (non-hydrogen) atoms. The summed E-state index contributed by atoms with van der Waals surface area (Å²) in [6, 6.07) is 13.8. The van der Waals surface area contributed by atoms with Crippen molar-refractivity contribution >= 4 is 28.1 Å². The van der Waals surface area contributed by atoms with Gasteiger partial charge in [0.05, 0.1) is 28.1 Å². The first-order chi connectivity index (χ1) is 10.7. The van der Waals surface area contributed by atoms with Crippen LogP contribution in [-0.2, 0) is 0 Å². The van der Waals surface area contributed by atoms with E-state index in [0.717, 1.165) is 35.5 Å². The predicted molar refractivity (Wildman–Crippen MR) is 92.1 cm³/mol. The van der Waals surface area contributed by atoms with Crippen LogP contribution in [0, 0.1) is 6.92 Å². The van der Waals surface area contributed by atoms with Crippen LogP contribution in [0.4, 0.5) is 17.1 Å². The molecule has 1 aliphatic rings. The Morgan fingerprint density at radius 3 is 2.32 bits per heavy atom. The largest absolute Gasteiger partial charge is 0.399 e. The summed E-state index contributed by atoms with van der Waals surface area (Å²) in [7, 11) is 0. The van der Waals surface area contributed by atoms with E-state index in [-0.39, 0.29) is 0 Å². The first-order valence-corrected chi connectivity index (χ1v) is 7.28. The van der Waals surface area contributed by atoms with Crippen molar-refractivity contribution in [1.29, 1.82) is 0 Å². The predicted octanol–water partition coefficient (Wildman–Crippen LogP) is 3.04. The lowest BCUT2D eigenvalue weighted by atomic mass is 10.2. The summed E-state index contributed by atoms with van der Waals surface area (Å²) in [4.78, 5) is 8.50. The topological polar surface area (TPSA) is 75.9 Å². The maximum atomic E-state index is 5.61. The molecular formula is C17H19N5. The van der Waals surface area contributed by atoms with Crippen LogP contribution >= 0.6 is 0 Å². The molecule has 1 aromatic heterocycles. The number of fused-ring (bicyclic) bond motifs is 2. The normalized spacial score (nSPS) is 12.4. The van der Waals surface area contributed by atoms with E-state index in [1.165, 1.54) is 11.4 Å². The summed E-state index contributed by atoms with van der Waals surface area (Å²) >= 11 is 0. The summed E-state index contributed by atoms with van der Waals surface area (Å²) in [5.74, 6) is 0. The van der Waals surface area contributed by atoms with Gasteiger partial charge in [0.25, 0.3) is 0 Å². The van der Waals surface area contributed by atoms with Crippen LogP contribution in [0.2, 0.25) is 0 Å². The summed E-state index contributed by atoms with van der Waals surface area (Å²) in [5, 5.41) is 6.60. The number of nitrogens with zero attached hydrogens (tertiary/aromatic N) is 2. The number of nitrogens with one attached hydrogen (secondary N) is 2. The fraction of sp³-hybridized carbons (Fsp3) is 0.176. The Hall–Kier alpha value is -2.82. The summed E-state index contributed by atoms with van der Waals surface area (Å²) in [5.41, 5.74) is 11.4. The van der Waals surface area contributed by atoms with Gasteiger partial charge in [-0.15, -0.1) is 0 Å². The van der Waals surface area contributed by atoms with Crippen LogP contribution in [0.1, 0.15) is 5.69 Å². The third kappa shape index (κ3) is 3.25. The number of aryl methyl sites for hydroxylation is 1. The van der Waals surface area contributed by atoms with E-state index in [1.807, 2.05) is 37.3 Å². The molecule has 3 aromatic rings. The van der Waals surface area contributed by atoms with Crippen molar-refractivity contribution in [3.05, 3.63) is 54.4 Å². The highest BCUT2D eigenvalue weighted by Gasteiger charge is 2.03. The number of benzene rings is 2. The molecular weight excluding hydrogens is 274 g/mol. The molecule has 4 rings (SSSR count). The van der Waals surface area contributed by atoms with Crippen molar-refractivity contribution in [3.8, 4) is 0 Å². The zero-order chi connectivity index (χ0) is 15.4. The van der Waals surface area contributed by atoms with Gasteiger partial charge in [0.1, 0.15) is 0 Å². The quantitative estimate of drug-likeness (QED) is 0.555. The van der Waals surface area contributed by atoms with Crippen molar-refractivity contribution in [2.45, 2.75) is 6.92 Å². The highest BCUT2D eigenvalue weighted by Crippen LogP contribution is 2.22. The zero-order valence-corrected chi connectivity index (χ0v) is 12.5. The molecule has 1 aliphatic heterocycles. The molecule has 2 aromatic carbocycles. The molecule has 0 unspecified atom stereocenters. The van der Waals surface area contributed by atoms with Gasteiger partial charge in [0, 0.05) is 25.0 Å². The highest BCUT2D eigenvalue weighted by atomic mass is 15.0. The van der Waals surface area contributed by atoms with E-state index < -0.39 is 0 Å². The Morgan fingerprint density at radius 2 is 1.64 bits per heavy atom. The molecule has 0 amide bonds. The number of anilines is 3. The fourth-order valence-corrected chi connectivity index (χ4v) is 2.31. The molecule has 4 N–H and O–H groups in total. The van der Waals surface area contributed by atoms with Crippen LogP contribution in [0.15, 0.2) is 48.7 Å². The maximum Gasteiger partial charge on any atom is 0.0910 e. The third-order valence-electron chi connectivity index (χ3n) is 3.37. The minimum absolute atomic E-state index is 0.724. The standard InChI is InChI=1S/C9H9N3.C8H10N2/c1-6-5-11-8-3-2-7(10)4-9(8)12-6;1-2-4-8-7(3-1)9-5-6-10-8/h2-5H,10H2,1H3;1-4,9-10H,5-6H2. The molecule has 5 heteroatoms. The first-order valence-electron chi connectivity index (χ1n) is 7.28. The average Bonchev–Trinajstić information content (AvgIpc) is 2.55. The Morgan fingerprint density at radius 1 is 0.955 bits per heavy atom. The van der Waals surface area contributed by atoms with Crippen LogP contribution in [0.25, 0.3) is 11.0 Å². The van der Waals surface area contributed by atoms with E-state index in [0.29, 0.717) is 0 Å². The number of nitrogen functional groups attached to an aromatic ring is 1. The number of hydrogen-bond donors (Lipinski definition) is 3. The van der Waals surface area contributed by atoms with Gasteiger partial charge in [-0.1, -0.05) is 12.1 Å². The van der Waals surface area contributed by atoms with E-state index in [9.17, 15) is 0 Å².